The van der Waals surface area contributed by atoms with E-state index in [9.17, 15) is 4.79 Å². The molecule has 1 aliphatic rings. The first-order valence-electron chi connectivity index (χ1n) is 5.31. The van der Waals surface area contributed by atoms with E-state index in [0.29, 0.717) is 17.7 Å². The van der Waals surface area contributed by atoms with Gasteiger partial charge in [0.15, 0.2) is 0 Å². The highest BCUT2D eigenvalue weighted by Crippen LogP contribution is 2.20. The van der Waals surface area contributed by atoms with Crippen LogP contribution in [0.15, 0.2) is 21.5 Å². The molecule has 0 bridgehead atoms. The van der Waals surface area contributed by atoms with Crippen molar-refractivity contribution < 1.29 is 9.84 Å². The minimum absolute atomic E-state index is 0.0379. The molecular weight excluding hydrogens is 274 g/mol. The average Bonchev–Trinajstić information content (AvgIpc) is 2.33. The van der Waals surface area contributed by atoms with E-state index in [1.54, 1.807) is 16.8 Å². The van der Waals surface area contributed by atoms with Crippen LogP contribution in [0, 0.1) is 0 Å². The Morgan fingerprint density at radius 3 is 2.81 bits per heavy atom. The van der Waals surface area contributed by atoms with Gasteiger partial charge < -0.3 is 14.4 Å². The summed E-state index contributed by atoms with van der Waals surface area (Å²) < 4.78 is 7.48. The molecule has 1 fully saturated rings. The number of hydrogen-bond donors (Lipinski definition) is 1. The van der Waals surface area contributed by atoms with E-state index in [1.165, 1.54) is 0 Å². The Labute approximate surface area is 102 Å². The van der Waals surface area contributed by atoms with Crippen molar-refractivity contribution in [3.8, 4) is 0 Å². The highest BCUT2D eigenvalue weighted by molar-refractivity contribution is 9.10. The van der Waals surface area contributed by atoms with Crippen molar-refractivity contribution in [3.63, 3.8) is 0 Å². The normalized spacial score (nSPS) is 17.6. The number of nitrogens with zero attached hydrogens (tertiary/aromatic N) is 1. The number of halogens is 1. The lowest BCUT2D eigenvalue weighted by atomic mass is 10.1. The summed E-state index contributed by atoms with van der Waals surface area (Å²) in [6.07, 6.45) is 3.44. The van der Waals surface area contributed by atoms with Crippen LogP contribution in [0.4, 0.5) is 0 Å². The zero-order valence-electron chi connectivity index (χ0n) is 8.86. The van der Waals surface area contributed by atoms with Gasteiger partial charge in [-0.1, -0.05) is 0 Å². The van der Waals surface area contributed by atoms with Gasteiger partial charge in [0, 0.05) is 25.5 Å². The van der Waals surface area contributed by atoms with E-state index in [2.05, 4.69) is 15.9 Å². The number of ether oxygens (including phenoxy) is 1. The van der Waals surface area contributed by atoms with E-state index in [-0.39, 0.29) is 18.2 Å². The van der Waals surface area contributed by atoms with Crippen LogP contribution in [-0.2, 0) is 11.3 Å². The van der Waals surface area contributed by atoms with E-state index >= 15 is 0 Å². The van der Waals surface area contributed by atoms with Crippen molar-refractivity contribution in [2.45, 2.75) is 25.5 Å². The third-order valence-electron chi connectivity index (χ3n) is 2.82. The molecule has 1 aromatic rings. The number of hydrogen-bond acceptors (Lipinski definition) is 3. The smallest absolute Gasteiger partial charge is 0.265 e. The summed E-state index contributed by atoms with van der Waals surface area (Å²) in [6.45, 7) is 1.33. The van der Waals surface area contributed by atoms with Gasteiger partial charge in [-0.3, -0.25) is 4.79 Å². The Bertz CT molecular complexity index is 424. The van der Waals surface area contributed by atoms with Gasteiger partial charge in [0.2, 0.25) is 0 Å². The highest BCUT2D eigenvalue weighted by atomic mass is 79.9. The van der Waals surface area contributed by atoms with Crippen LogP contribution in [0.1, 0.15) is 24.4 Å². The third-order valence-corrected chi connectivity index (χ3v) is 3.39. The van der Waals surface area contributed by atoms with Crippen LogP contribution < -0.4 is 5.56 Å². The molecule has 0 unspecified atom stereocenters. The molecule has 1 aromatic heterocycles. The van der Waals surface area contributed by atoms with Crippen LogP contribution >= 0.6 is 15.9 Å². The van der Waals surface area contributed by atoms with Crippen molar-refractivity contribution in [1.82, 2.24) is 4.57 Å². The Hall–Kier alpha value is -0.650. The summed E-state index contributed by atoms with van der Waals surface area (Å²) in [7, 11) is 0. The van der Waals surface area contributed by atoms with Crippen molar-refractivity contribution in [2.24, 2.45) is 0 Å². The Balaban J connectivity index is 2.37. The third kappa shape index (κ3) is 2.36. The Kier molecular flexibility index (Phi) is 3.78. The lowest BCUT2D eigenvalue weighted by Crippen LogP contribution is -2.29. The maximum atomic E-state index is 11.9. The molecule has 0 saturated carbocycles. The van der Waals surface area contributed by atoms with Gasteiger partial charge in [0.1, 0.15) is 0 Å². The van der Waals surface area contributed by atoms with Crippen molar-refractivity contribution in [2.75, 3.05) is 13.2 Å². The Morgan fingerprint density at radius 1 is 1.50 bits per heavy atom. The van der Waals surface area contributed by atoms with E-state index < -0.39 is 0 Å². The molecule has 0 aliphatic carbocycles. The number of aliphatic hydroxyl groups is 1. The molecule has 88 valence electrons. The number of aromatic nitrogens is 1. The topological polar surface area (TPSA) is 51.5 Å². The van der Waals surface area contributed by atoms with Gasteiger partial charge in [-0.05, 0) is 40.4 Å². The zero-order chi connectivity index (χ0) is 11.5. The number of aliphatic hydroxyl groups excluding tert-OH is 1. The zero-order valence-corrected chi connectivity index (χ0v) is 10.4. The summed E-state index contributed by atoms with van der Waals surface area (Å²) in [5, 5.41) is 9.11. The lowest BCUT2D eigenvalue weighted by Gasteiger charge is -2.24. The fourth-order valence-electron chi connectivity index (χ4n) is 1.94. The second kappa shape index (κ2) is 5.12. The standard InChI is InChI=1S/C11H14BrNO3/c12-10-5-8(7-14)6-13(11(10)15)9-1-3-16-4-2-9/h5-6,9,14H,1-4,7H2. The fourth-order valence-corrected chi connectivity index (χ4v) is 2.44. The van der Waals surface area contributed by atoms with Gasteiger partial charge in [0.05, 0.1) is 11.1 Å². The first-order chi connectivity index (χ1) is 7.72. The molecule has 2 heterocycles. The molecule has 16 heavy (non-hydrogen) atoms. The molecule has 0 radical (unpaired) electrons. The number of rotatable bonds is 2. The molecule has 0 spiro atoms. The SMILES string of the molecule is O=c1c(Br)cc(CO)cn1C1CCOCC1. The first-order valence-corrected chi connectivity index (χ1v) is 6.11. The highest BCUT2D eigenvalue weighted by Gasteiger charge is 2.18. The quantitative estimate of drug-likeness (QED) is 0.896. The summed E-state index contributed by atoms with van der Waals surface area (Å²) in [5.74, 6) is 0. The predicted molar refractivity (Wildman–Crippen MR) is 63.4 cm³/mol. The molecule has 1 aliphatic heterocycles. The first kappa shape index (κ1) is 11.8. The van der Waals surface area contributed by atoms with Crippen molar-refractivity contribution in [3.05, 3.63) is 32.7 Å². The molecule has 1 N–H and O–H groups in total. The summed E-state index contributed by atoms with van der Waals surface area (Å²) in [6, 6.07) is 1.85. The average molecular weight is 288 g/mol. The van der Waals surface area contributed by atoms with Crippen molar-refractivity contribution in [1.29, 1.82) is 0 Å². The molecule has 0 atom stereocenters. The van der Waals surface area contributed by atoms with Gasteiger partial charge in [0.25, 0.3) is 5.56 Å². The van der Waals surface area contributed by atoms with Crippen LogP contribution in [0.5, 0.6) is 0 Å². The maximum Gasteiger partial charge on any atom is 0.265 e. The Morgan fingerprint density at radius 2 is 2.19 bits per heavy atom. The van der Waals surface area contributed by atoms with Crippen LogP contribution in [0.25, 0.3) is 0 Å². The predicted octanol–water partition coefficient (Wildman–Crippen LogP) is 1.45. The summed E-state index contributed by atoms with van der Waals surface area (Å²) in [4.78, 5) is 11.9. The lowest BCUT2D eigenvalue weighted by molar-refractivity contribution is 0.0684. The van der Waals surface area contributed by atoms with E-state index in [4.69, 9.17) is 9.84 Å². The van der Waals surface area contributed by atoms with E-state index in [1.807, 2.05) is 0 Å². The van der Waals surface area contributed by atoms with E-state index in [0.717, 1.165) is 18.4 Å². The minimum atomic E-state index is -0.0535. The second-order valence-corrected chi connectivity index (χ2v) is 4.76. The summed E-state index contributed by atoms with van der Waals surface area (Å²) >= 11 is 3.23. The van der Waals surface area contributed by atoms with Gasteiger partial charge in [-0.25, -0.2) is 0 Å². The van der Waals surface area contributed by atoms with Crippen LogP contribution in [-0.4, -0.2) is 22.9 Å². The monoisotopic (exact) mass is 287 g/mol. The van der Waals surface area contributed by atoms with Crippen LogP contribution in [0.3, 0.4) is 0 Å². The fraction of sp³-hybridized carbons (Fsp3) is 0.545. The van der Waals surface area contributed by atoms with Gasteiger partial charge in [-0.2, -0.15) is 0 Å². The molecule has 5 heteroatoms. The molecule has 4 nitrogen and oxygen atoms in total. The molecule has 0 amide bonds. The maximum absolute atomic E-state index is 11.9. The number of pyridine rings is 1. The minimum Gasteiger partial charge on any atom is -0.392 e. The second-order valence-electron chi connectivity index (χ2n) is 3.91. The molecule has 0 aromatic carbocycles. The van der Waals surface area contributed by atoms with Gasteiger partial charge >= 0.3 is 0 Å². The van der Waals surface area contributed by atoms with Gasteiger partial charge in [-0.15, -0.1) is 0 Å². The molecule has 2 rings (SSSR count). The van der Waals surface area contributed by atoms with Crippen LogP contribution in [0.2, 0.25) is 0 Å². The van der Waals surface area contributed by atoms with Crippen molar-refractivity contribution >= 4 is 15.9 Å². The summed E-state index contributed by atoms with van der Waals surface area (Å²) in [5.41, 5.74) is 0.710. The molecule has 1 saturated heterocycles. The largest absolute Gasteiger partial charge is 0.392 e. The molecular formula is C11H14BrNO3.